The van der Waals surface area contributed by atoms with Gasteiger partial charge in [-0.1, -0.05) is 0 Å². The summed E-state index contributed by atoms with van der Waals surface area (Å²) in [5.41, 5.74) is 5.30. The number of hydrogen-bond donors (Lipinski definition) is 2. The molecule has 0 aliphatic rings. The normalized spacial score (nSPS) is 12.4. The van der Waals surface area contributed by atoms with Gasteiger partial charge in [0.25, 0.3) is 5.69 Å². The van der Waals surface area contributed by atoms with E-state index in [4.69, 9.17) is 5.73 Å². The minimum Gasteiger partial charge on any atom is -0.378 e. The molecule has 5 nitrogen and oxygen atoms in total. The molecule has 1 atom stereocenters. The molecule has 0 aliphatic heterocycles. The molecule has 0 saturated carbocycles. The first kappa shape index (κ1) is 12.0. The molecule has 0 spiro atoms. The van der Waals surface area contributed by atoms with Gasteiger partial charge in [0.15, 0.2) is 0 Å². The van der Waals surface area contributed by atoms with Gasteiger partial charge in [0.2, 0.25) is 0 Å². The highest BCUT2D eigenvalue weighted by Crippen LogP contribution is 2.26. The molecule has 1 aromatic rings. The Labute approximate surface area is 91.4 Å². The fourth-order valence-corrected chi connectivity index (χ4v) is 1.75. The first-order chi connectivity index (χ1) is 7.15. The van der Waals surface area contributed by atoms with Crippen LogP contribution >= 0.6 is 11.8 Å². The van der Waals surface area contributed by atoms with E-state index in [0.717, 1.165) is 0 Å². The lowest BCUT2D eigenvalue weighted by Crippen LogP contribution is -2.04. The molecular formula is C9H12N2O3S. The van der Waals surface area contributed by atoms with Crippen molar-refractivity contribution in [3.05, 3.63) is 39.9 Å². The highest BCUT2D eigenvalue weighted by Gasteiger charge is 2.09. The summed E-state index contributed by atoms with van der Waals surface area (Å²) in [6.45, 7) is 0.495. The van der Waals surface area contributed by atoms with Gasteiger partial charge < -0.3 is 10.8 Å². The van der Waals surface area contributed by atoms with Crippen molar-refractivity contribution < 1.29 is 10.0 Å². The number of nitrogens with two attached hydrogens (primary N) is 1. The third-order valence-corrected chi connectivity index (χ3v) is 2.84. The predicted molar refractivity (Wildman–Crippen MR) is 59.6 cm³/mol. The lowest BCUT2D eigenvalue weighted by molar-refractivity contribution is -0.384. The highest BCUT2D eigenvalue weighted by molar-refractivity contribution is 7.99. The molecule has 0 amide bonds. The fraction of sp³-hybridized carbons (Fsp3) is 0.333. The SMILES string of the molecule is NCCS[C@H](O)c1ccc([N+](=O)[O-])cc1. The molecule has 3 N–H and O–H groups in total. The number of thioether (sulfide) groups is 1. The molecule has 15 heavy (non-hydrogen) atoms. The molecule has 6 heteroatoms. The van der Waals surface area contributed by atoms with E-state index < -0.39 is 10.4 Å². The Morgan fingerprint density at radius 2 is 2.07 bits per heavy atom. The summed E-state index contributed by atoms with van der Waals surface area (Å²) in [4.78, 5) is 9.91. The number of aliphatic hydroxyl groups is 1. The maximum atomic E-state index is 10.4. The Kier molecular flexibility index (Phi) is 4.54. The van der Waals surface area contributed by atoms with Crippen LogP contribution in [0, 0.1) is 10.1 Å². The van der Waals surface area contributed by atoms with Crippen LogP contribution in [-0.2, 0) is 0 Å². The Bertz CT molecular complexity index is 329. The van der Waals surface area contributed by atoms with E-state index in [-0.39, 0.29) is 5.69 Å². The van der Waals surface area contributed by atoms with Crippen LogP contribution in [0.1, 0.15) is 11.0 Å². The van der Waals surface area contributed by atoms with Crippen LogP contribution in [0.3, 0.4) is 0 Å². The van der Waals surface area contributed by atoms with Gasteiger partial charge in [-0.2, -0.15) is 0 Å². The minimum absolute atomic E-state index is 0.0229. The van der Waals surface area contributed by atoms with E-state index in [9.17, 15) is 15.2 Å². The van der Waals surface area contributed by atoms with Crippen LogP contribution in [0.15, 0.2) is 24.3 Å². The Morgan fingerprint density at radius 3 is 2.53 bits per heavy atom. The van der Waals surface area contributed by atoms with Gasteiger partial charge in [-0.15, -0.1) is 11.8 Å². The topological polar surface area (TPSA) is 89.4 Å². The molecule has 1 rings (SSSR count). The van der Waals surface area contributed by atoms with Gasteiger partial charge in [0, 0.05) is 24.4 Å². The van der Waals surface area contributed by atoms with Gasteiger partial charge in [-0.25, -0.2) is 0 Å². The van der Waals surface area contributed by atoms with Crippen LogP contribution in [0.25, 0.3) is 0 Å². The lowest BCUT2D eigenvalue weighted by Gasteiger charge is -2.09. The van der Waals surface area contributed by atoms with Gasteiger partial charge in [0.05, 0.1) is 4.92 Å². The molecule has 1 aromatic carbocycles. The molecule has 0 bridgehead atoms. The van der Waals surface area contributed by atoms with Crippen LogP contribution in [0.5, 0.6) is 0 Å². The Hall–Kier alpha value is -1.11. The first-order valence-electron chi connectivity index (χ1n) is 4.39. The van der Waals surface area contributed by atoms with Crippen molar-refractivity contribution in [2.24, 2.45) is 5.73 Å². The first-order valence-corrected chi connectivity index (χ1v) is 5.44. The molecular weight excluding hydrogens is 216 g/mol. The molecule has 0 aliphatic carbocycles. The minimum atomic E-state index is -0.672. The van der Waals surface area contributed by atoms with Crippen LogP contribution in [-0.4, -0.2) is 22.3 Å². The summed E-state index contributed by atoms with van der Waals surface area (Å²) in [5.74, 6) is 0.651. The maximum absolute atomic E-state index is 10.4. The monoisotopic (exact) mass is 228 g/mol. The smallest absolute Gasteiger partial charge is 0.269 e. The molecule has 0 unspecified atom stereocenters. The molecule has 0 aromatic heterocycles. The second-order valence-corrected chi connectivity index (χ2v) is 4.05. The summed E-state index contributed by atoms with van der Waals surface area (Å²) in [7, 11) is 0. The van der Waals surface area contributed by atoms with Gasteiger partial charge >= 0.3 is 0 Å². The average molecular weight is 228 g/mol. The van der Waals surface area contributed by atoms with Crippen LogP contribution in [0.4, 0.5) is 5.69 Å². The molecule has 0 heterocycles. The molecule has 0 radical (unpaired) electrons. The average Bonchev–Trinajstić information content (AvgIpc) is 2.26. The van der Waals surface area contributed by atoms with Gasteiger partial charge in [0.1, 0.15) is 5.44 Å². The number of nitro benzene ring substituents is 1. The van der Waals surface area contributed by atoms with Crippen molar-refractivity contribution in [1.82, 2.24) is 0 Å². The third-order valence-electron chi connectivity index (χ3n) is 1.78. The third kappa shape index (κ3) is 3.50. The maximum Gasteiger partial charge on any atom is 0.269 e. The summed E-state index contributed by atoms with van der Waals surface area (Å²) in [5, 5.41) is 20.0. The Morgan fingerprint density at radius 1 is 1.47 bits per heavy atom. The van der Waals surface area contributed by atoms with Crippen LogP contribution < -0.4 is 5.73 Å². The molecule has 82 valence electrons. The second-order valence-electron chi connectivity index (χ2n) is 2.86. The standard InChI is InChI=1S/C9H12N2O3S/c10-5-6-15-9(12)7-1-3-8(4-2-7)11(13)14/h1-4,9,12H,5-6,10H2/t9-/m0/s1. The number of aliphatic hydroxyl groups excluding tert-OH is 1. The fourth-order valence-electron chi connectivity index (χ4n) is 1.04. The van der Waals surface area contributed by atoms with Crippen molar-refractivity contribution in [2.75, 3.05) is 12.3 Å². The summed E-state index contributed by atoms with van der Waals surface area (Å²) in [6.07, 6.45) is 0. The zero-order valence-electron chi connectivity index (χ0n) is 8.00. The quantitative estimate of drug-likeness (QED) is 0.450. The number of nitro groups is 1. The number of non-ortho nitro benzene ring substituents is 1. The zero-order chi connectivity index (χ0) is 11.3. The number of nitrogens with zero attached hydrogens (tertiary/aromatic N) is 1. The van der Waals surface area contributed by atoms with Crippen molar-refractivity contribution in [2.45, 2.75) is 5.44 Å². The zero-order valence-corrected chi connectivity index (χ0v) is 8.81. The summed E-state index contributed by atoms with van der Waals surface area (Å²) in [6, 6.07) is 5.85. The number of rotatable bonds is 5. The summed E-state index contributed by atoms with van der Waals surface area (Å²) < 4.78 is 0. The number of hydrogen-bond acceptors (Lipinski definition) is 5. The van der Waals surface area contributed by atoms with Crippen LogP contribution in [0.2, 0.25) is 0 Å². The predicted octanol–water partition coefficient (Wildman–Crippen LogP) is 1.28. The lowest BCUT2D eigenvalue weighted by atomic mass is 10.2. The molecule has 0 saturated heterocycles. The van der Waals surface area contributed by atoms with E-state index >= 15 is 0 Å². The number of benzene rings is 1. The van der Waals surface area contributed by atoms with Crippen molar-refractivity contribution in [3.63, 3.8) is 0 Å². The second kappa shape index (κ2) is 5.69. The van der Waals surface area contributed by atoms with E-state index in [1.807, 2.05) is 0 Å². The van der Waals surface area contributed by atoms with E-state index in [0.29, 0.717) is 17.9 Å². The van der Waals surface area contributed by atoms with Crippen molar-refractivity contribution in [1.29, 1.82) is 0 Å². The van der Waals surface area contributed by atoms with Gasteiger partial charge in [-0.05, 0) is 17.7 Å². The van der Waals surface area contributed by atoms with E-state index in [2.05, 4.69) is 0 Å². The van der Waals surface area contributed by atoms with Crippen molar-refractivity contribution in [3.8, 4) is 0 Å². The largest absolute Gasteiger partial charge is 0.378 e. The van der Waals surface area contributed by atoms with Gasteiger partial charge in [-0.3, -0.25) is 10.1 Å². The van der Waals surface area contributed by atoms with E-state index in [1.165, 1.54) is 23.9 Å². The Balaban J connectivity index is 2.66. The highest BCUT2D eigenvalue weighted by atomic mass is 32.2. The summed E-state index contributed by atoms with van der Waals surface area (Å²) >= 11 is 1.30. The van der Waals surface area contributed by atoms with Crippen molar-refractivity contribution >= 4 is 17.4 Å². The molecule has 0 fully saturated rings. The van der Waals surface area contributed by atoms with E-state index in [1.54, 1.807) is 12.1 Å².